The summed E-state index contributed by atoms with van der Waals surface area (Å²) in [6, 6.07) is 47.0. The molecule has 4 N–H and O–H groups in total. The van der Waals surface area contributed by atoms with Crippen LogP contribution in [0.4, 0.5) is 49.1 Å². The monoisotopic (exact) mass is 1550 g/mol. The van der Waals surface area contributed by atoms with Gasteiger partial charge in [-0.1, -0.05) is 83.9 Å². The normalized spacial score (nSPS) is 11.3. The Balaban J connectivity index is 0.000000131. The Morgan fingerprint density at radius 2 is 0.705 bits per heavy atom. The van der Waals surface area contributed by atoms with E-state index in [1.165, 1.54) is 59.6 Å². The molecule has 12 aromatic heterocycles. The van der Waals surface area contributed by atoms with Gasteiger partial charge in [0.25, 0.3) is 23.6 Å². The lowest BCUT2D eigenvalue weighted by Crippen LogP contribution is -2.13. The number of aromatic nitrogens is 14. The van der Waals surface area contributed by atoms with Gasteiger partial charge in [0, 0.05) is 121 Å². The van der Waals surface area contributed by atoms with Crippen molar-refractivity contribution in [2.24, 2.45) is 0 Å². The van der Waals surface area contributed by atoms with Crippen molar-refractivity contribution in [3.8, 4) is 0 Å². The average Bonchev–Trinajstić information content (AvgIpc) is 1.64. The van der Waals surface area contributed by atoms with Crippen LogP contribution in [-0.4, -0.2) is 92.2 Å². The minimum absolute atomic E-state index is 0.120. The molecule has 0 bridgehead atoms. The Labute approximate surface area is 644 Å². The van der Waals surface area contributed by atoms with Gasteiger partial charge in [-0.05, 0) is 149 Å². The molecule has 112 heavy (non-hydrogen) atoms. The number of carbonyl (C=O) groups is 4. The maximum Gasteiger partial charge on any atom is 0.433 e. The van der Waals surface area contributed by atoms with Crippen molar-refractivity contribution < 1.29 is 45.5 Å². The molecule has 0 fully saturated rings. The molecule has 12 heterocycles. The van der Waals surface area contributed by atoms with Crippen LogP contribution >= 0.6 is 22.7 Å². The molecule has 564 valence electrons. The maximum atomic E-state index is 12.8. The fourth-order valence-electron chi connectivity index (χ4n) is 12.2. The Bertz CT molecular complexity index is 6040. The number of aryl methyl sites for hydroxylation is 6. The van der Waals surface area contributed by atoms with Gasteiger partial charge in [-0.25, -0.2) is 9.97 Å². The van der Waals surface area contributed by atoms with Gasteiger partial charge in [0.15, 0.2) is 11.4 Å². The Morgan fingerprint density at radius 3 is 1.02 bits per heavy atom. The van der Waals surface area contributed by atoms with Gasteiger partial charge in [0.05, 0.1) is 67.2 Å². The number of halogens is 6. The van der Waals surface area contributed by atoms with E-state index in [0.29, 0.717) is 64.1 Å². The predicted octanol–water partition coefficient (Wildman–Crippen LogP) is 17.7. The molecular weight excluding hydrogens is 1480 g/mol. The number of hydrogen-bond donors (Lipinski definition) is 4. The summed E-state index contributed by atoms with van der Waals surface area (Å²) >= 11 is 2.62. The number of hydrogen-bond acceptors (Lipinski definition) is 16. The summed E-state index contributed by atoms with van der Waals surface area (Å²) in [7, 11) is 0. The summed E-state index contributed by atoms with van der Waals surface area (Å²) in [5, 5.41) is 30.5. The number of rotatable bonds is 16. The van der Waals surface area contributed by atoms with Crippen LogP contribution in [-0.2, 0) is 38.5 Å². The van der Waals surface area contributed by atoms with Crippen molar-refractivity contribution >= 4 is 113 Å². The van der Waals surface area contributed by atoms with Crippen molar-refractivity contribution in [3.05, 3.63) is 319 Å². The van der Waals surface area contributed by atoms with E-state index in [1.54, 1.807) is 54.6 Å². The number of thiazole rings is 2. The molecule has 0 aliphatic carbocycles. The molecule has 30 heteroatoms. The highest BCUT2D eigenvalue weighted by atomic mass is 32.1. The van der Waals surface area contributed by atoms with Crippen LogP contribution in [0.1, 0.15) is 108 Å². The standard InChI is InChI=1S/C21H16F3N5O.C21H17F3N4OS.C20H17N5O.C20H18N4OS/c1-13-4-6-18-15(9-13)17(27-20(30)16-3-2-8-26-28-16)12-29(18)11-14-5-7-19(25-10-14)21(22,23)24;1-12-3-5-17-15(7-12)16(27-20(29)19-13(2)26-11-30-19)10-28(17)9-14-4-6-18(25-8-14)21(22,23)24;1-14-8-9-15(11-21-14)12-25-13-18(16-5-2-3-7-19(16)25)23-20(26)17-6-4-10-22-24-17;1-13-7-8-15(9-21-13)10-24-11-17(16-5-3-4-6-18(16)24)23-20(25)19-14(2)22-12-26-19/h2-10,12H,11H2,1H3,(H,27,30);3-8,10-11H,9H2,1-2H3,(H,27,29);2-11,13H,12H2,1H3,(H,23,26);3-9,11-12H,10H2,1-2H3,(H,23,25). The summed E-state index contributed by atoms with van der Waals surface area (Å²) in [6.07, 6.45) is 7.73. The largest absolute Gasteiger partial charge is 0.433 e. The topological polar surface area (TPSA) is 265 Å². The van der Waals surface area contributed by atoms with Crippen LogP contribution in [0, 0.1) is 41.5 Å². The Kier molecular flexibility index (Phi) is 23.0. The van der Waals surface area contributed by atoms with E-state index >= 15 is 0 Å². The number of nitrogens with zero attached hydrogens (tertiary/aromatic N) is 14. The van der Waals surface area contributed by atoms with Crippen LogP contribution in [0.2, 0.25) is 0 Å². The Hall–Kier alpha value is -13.5. The Morgan fingerprint density at radius 1 is 0.366 bits per heavy atom. The first-order chi connectivity index (χ1) is 53.8. The molecule has 16 aromatic rings. The van der Waals surface area contributed by atoms with E-state index < -0.39 is 29.6 Å². The van der Waals surface area contributed by atoms with E-state index in [1.807, 2.05) is 160 Å². The van der Waals surface area contributed by atoms with Gasteiger partial charge in [-0.15, -0.1) is 32.9 Å². The first-order valence-corrected chi connectivity index (χ1v) is 36.4. The zero-order valence-electron chi connectivity index (χ0n) is 60.7. The second-order valence-corrected chi connectivity index (χ2v) is 27.8. The number of benzene rings is 4. The van der Waals surface area contributed by atoms with Gasteiger partial charge >= 0.3 is 12.4 Å². The minimum atomic E-state index is -4.48. The van der Waals surface area contributed by atoms with Crippen molar-refractivity contribution in [2.75, 3.05) is 21.3 Å². The number of nitrogens with one attached hydrogen (secondary N) is 4. The summed E-state index contributed by atoms with van der Waals surface area (Å²) in [5.41, 5.74) is 17.4. The highest BCUT2D eigenvalue weighted by molar-refractivity contribution is 7.12. The van der Waals surface area contributed by atoms with E-state index in [-0.39, 0.29) is 29.1 Å². The number of anilines is 4. The zero-order chi connectivity index (χ0) is 78.8. The molecule has 0 unspecified atom stereocenters. The quantitative estimate of drug-likeness (QED) is 0.0656. The van der Waals surface area contributed by atoms with Gasteiger partial charge in [-0.2, -0.15) is 36.5 Å². The van der Waals surface area contributed by atoms with Crippen molar-refractivity contribution in [1.29, 1.82) is 0 Å². The van der Waals surface area contributed by atoms with E-state index in [4.69, 9.17) is 0 Å². The number of carbonyl (C=O) groups excluding carboxylic acids is 4. The van der Waals surface area contributed by atoms with Crippen LogP contribution in [0.15, 0.2) is 231 Å². The summed E-state index contributed by atoms with van der Waals surface area (Å²) in [4.78, 5) is 75.4. The molecule has 0 spiro atoms. The molecule has 16 rings (SSSR count). The molecule has 0 atom stereocenters. The fourth-order valence-corrected chi connectivity index (χ4v) is 13.6. The van der Waals surface area contributed by atoms with Crippen LogP contribution in [0.25, 0.3) is 43.6 Å². The molecule has 0 radical (unpaired) electrons. The lowest BCUT2D eigenvalue weighted by atomic mass is 10.1. The van der Waals surface area contributed by atoms with Gasteiger partial charge in [0.1, 0.15) is 21.1 Å². The summed E-state index contributed by atoms with van der Waals surface area (Å²) in [6.45, 7) is 13.4. The van der Waals surface area contributed by atoms with Crippen LogP contribution < -0.4 is 21.3 Å². The molecule has 0 aliphatic rings. The number of amides is 4. The van der Waals surface area contributed by atoms with Gasteiger partial charge in [0.2, 0.25) is 0 Å². The highest BCUT2D eigenvalue weighted by Crippen LogP contribution is 2.35. The molecular formula is C82H68F6N18O4S2. The highest BCUT2D eigenvalue weighted by Gasteiger charge is 2.33. The lowest BCUT2D eigenvalue weighted by molar-refractivity contribution is -0.142. The van der Waals surface area contributed by atoms with Gasteiger partial charge < -0.3 is 39.5 Å². The van der Waals surface area contributed by atoms with Crippen LogP contribution in [0.5, 0.6) is 0 Å². The van der Waals surface area contributed by atoms with E-state index in [9.17, 15) is 45.5 Å². The minimum Gasteiger partial charge on any atom is -0.341 e. The number of alkyl halides is 6. The van der Waals surface area contributed by atoms with Crippen molar-refractivity contribution in [1.82, 2.24) is 68.6 Å². The third kappa shape index (κ3) is 18.4. The number of fused-ring (bicyclic) bond motifs is 4. The SMILES string of the molecule is Cc1ccc(Cn2cc(NC(=O)c3cccnn3)c3ccccc32)cn1.Cc1ccc(Cn2cc(NC(=O)c3scnc3C)c3ccccc32)cn1.Cc1ccc2c(c1)c(NC(=O)c1cccnn1)cn2Cc1ccc(C(F)(F)F)nc1.Cc1ccc2c(c1)c(NC(=O)c1scnc1C)cn2Cc1ccc(C(F)(F)F)nc1. The van der Waals surface area contributed by atoms with Gasteiger partial charge in [-0.3, -0.25) is 39.1 Å². The van der Waals surface area contributed by atoms with Crippen molar-refractivity contribution in [3.63, 3.8) is 0 Å². The predicted molar refractivity (Wildman–Crippen MR) is 420 cm³/mol. The fraction of sp³-hybridized carbons (Fsp3) is 0.146. The third-order valence-electron chi connectivity index (χ3n) is 17.7. The third-order valence-corrected chi connectivity index (χ3v) is 19.6. The second kappa shape index (κ2) is 33.6. The molecule has 4 aromatic carbocycles. The molecule has 0 saturated heterocycles. The average molecular weight is 1550 g/mol. The number of para-hydroxylation sites is 2. The molecule has 4 amide bonds. The summed E-state index contributed by atoms with van der Waals surface area (Å²) in [5.74, 6) is -1.05. The molecule has 22 nitrogen and oxygen atoms in total. The summed E-state index contributed by atoms with van der Waals surface area (Å²) < 4.78 is 84.4. The maximum absolute atomic E-state index is 12.8. The van der Waals surface area contributed by atoms with E-state index in [2.05, 4.69) is 98.9 Å². The molecule has 0 aliphatic heterocycles. The number of pyridine rings is 4. The van der Waals surface area contributed by atoms with Crippen molar-refractivity contribution in [2.45, 2.75) is 80.1 Å². The smallest absolute Gasteiger partial charge is 0.341 e. The first kappa shape index (κ1) is 76.7. The lowest BCUT2D eigenvalue weighted by Gasteiger charge is -2.08. The van der Waals surface area contributed by atoms with Crippen LogP contribution in [0.3, 0.4) is 0 Å². The first-order valence-electron chi connectivity index (χ1n) is 34.7. The van der Waals surface area contributed by atoms with E-state index in [0.717, 1.165) is 106 Å². The zero-order valence-corrected chi connectivity index (χ0v) is 62.4. The second-order valence-electron chi connectivity index (χ2n) is 26.0. The molecule has 0 saturated carbocycles.